The van der Waals surface area contributed by atoms with Crippen LogP contribution in [0.5, 0.6) is 11.5 Å². The van der Waals surface area contributed by atoms with Crippen molar-refractivity contribution < 1.29 is 14.2 Å². The molecule has 1 N–H and O–H groups in total. The molecule has 0 bridgehead atoms. The molecule has 1 aliphatic rings. The maximum absolute atomic E-state index is 5.96. The molecule has 1 heterocycles. The van der Waals surface area contributed by atoms with E-state index in [2.05, 4.69) is 45.1 Å². The summed E-state index contributed by atoms with van der Waals surface area (Å²) in [5, 5.41) is 3.64. The third kappa shape index (κ3) is 7.29. The normalized spacial score (nSPS) is 20.2. The first-order valence-electron chi connectivity index (χ1n) is 10.9. The van der Waals surface area contributed by atoms with E-state index in [4.69, 9.17) is 14.2 Å². The second-order valence-electron chi connectivity index (χ2n) is 9.25. The van der Waals surface area contributed by atoms with Crippen molar-refractivity contribution in [2.24, 2.45) is 17.8 Å². The minimum absolute atomic E-state index is 0.0338. The van der Waals surface area contributed by atoms with Crippen molar-refractivity contribution in [3.05, 3.63) is 23.8 Å². The van der Waals surface area contributed by atoms with Gasteiger partial charge < -0.3 is 19.5 Å². The van der Waals surface area contributed by atoms with Gasteiger partial charge in [0.25, 0.3) is 0 Å². The molecular weight excluding hydrogens is 350 g/mol. The van der Waals surface area contributed by atoms with Crippen molar-refractivity contribution in [3.63, 3.8) is 0 Å². The third-order valence-electron chi connectivity index (χ3n) is 5.99. The van der Waals surface area contributed by atoms with Crippen molar-refractivity contribution in [1.29, 1.82) is 0 Å². The Morgan fingerprint density at radius 1 is 1.11 bits per heavy atom. The molecule has 1 aromatic rings. The van der Waals surface area contributed by atoms with Crippen LogP contribution in [0.3, 0.4) is 0 Å². The van der Waals surface area contributed by atoms with E-state index in [1.807, 2.05) is 6.07 Å². The zero-order valence-electron chi connectivity index (χ0n) is 18.8. The molecule has 160 valence electrons. The Morgan fingerprint density at radius 2 is 1.86 bits per heavy atom. The molecule has 4 heteroatoms. The van der Waals surface area contributed by atoms with E-state index in [1.54, 1.807) is 14.2 Å². The van der Waals surface area contributed by atoms with Gasteiger partial charge >= 0.3 is 0 Å². The summed E-state index contributed by atoms with van der Waals surface area (Å²) in [6.45, 7) is 12.0. The van der Waals surface area contributed by atoms with Crippen molar-refractivity contribution in [2.75, 3.05) is 27.4 Å². The van der Waals surface area contributed by atoms with E-state index in [0.29, 0.717) is 0 Å². The molecule has 2 atom stereocenters. The predicted molar refractivity (Wildman–Crippen MR) is 116 cm³/mol. The lowest BCUT2D eigenvalue weighted by Gasteiger charge is -2.39. The summed E-state index contributed by atoms with van der Waals surface area (Å²) in [6.07, 6.45) is 6.28. The van der Waals surface area contributed by atoms with Crippen LogP contribution in [0, 0.1) is 17.8 Å². The summed E-state index contributed by atoms with van der Waals surface area (Å²) in [4.78, 5) is 0. The van der Waals surface area contributed by atoms with Crippen molar-refractivity contribution in [3.8, 4) is 11.5 Å². The lowest BCUT2D eigenvalue weighted by molar-refractivity contribution is -0.0839. The van der Waals surface area contributed by atoms with Gasteiger partial charge in [-0.2, -0.15) is 0 Å². The standard InChI is InChI=1S/C24H41NO3/c1-18(2)7-9-20(21-12-14-28-24(3,4)16-21)11-13-25-17-19-8-10-22(26-5)23(15-19)27-6/h8,10,15,18,20-21,25H,7,9,11-14,16-17H2,1-6H3/t20-,21+/m1/s1. The Labute approximate surface area is 172 Å². The molecule has 1 aliphatic heterocycles. The van der Waals surface area contributed by atoms with Crippen LogP contribution in [0.1, 0.15) is 65.4 Å². The van der Waals surface area contributed by atoms with Crippen LogP contribution in [0.15, 0.2) is 18.2 Å². The van der Waals surface area contributed by atoms with Crippen LogP contribution in [0.2, 0.25) is 0 Å². The van der Waals surface area contributed by atoms with Crippen LogP contribution >= 0.6 is 0 Å². The first-order chi connectivity index (χ1) is 13.3. The molecule has 1 saturated heterocycles. The minimum atomic E-state index is 0.0338. The number of hydrogen-bond donors (Lipinski definition) is 1. The van der Waals surface area contributed by atoms with Gasteiger partial charge in [0.05, 0.1) is 19.8 Å². The highest BCUT2D eigenvalue weighted by atomic mass is 16.5. The van der Waals surface area contributed by atoms with Gasteiger partial charge in [-0.3, -0.25) is 0 Å². The molecule has 0 spiro atoms. The number of ether oxygens (including phenoxy) is 3. The van der Waals surface area contributed by atoms with Crippen LogP contribution < -0.4 is 14.8 Å². The van der Waals surface area contributed by atoms with Crippen LogP contribution in [0.4, 0.5) is 0 Å². The van der Waals surface area contributed by atoms with E-state index in [-0.39, 0.29) is 5.60 Å². The highest BCUT2D eigenvalue weighted by Gasteiger charge is 2.33. The quantitative estimate of drug-likeness (QED) is 0.510. The van der Waals surface area contributed by atoms with Gasteiger partial charge in [-0.1, -0.05) is 26.3 Å². The van der Waals surface area contributed by atoms with Gasteiger partial charge in [-0.15, -0.1) is 0 Å². The Hall–Kier alpha value is -1.26. The number of hydrogen-bond acceptors (Lipinski definition) is 4. The summed E-state index contributed by atoms with van der Waals surface area (Å²) in [5.41, 5.74) is 1.26. The highest BCUT2D eigenvalue weighted by Crippen LogP contribution is 2.37. The minimum Gasteiger partial charge on any atom is -0.493 e. The maximum Gasteiger partial charge on any atom is 0.161 e. The van der Waals surface area contributed by atoms with Crippen LogP contribution in [0.25, 0.3) is 0 Å². The lowest BCUT2D eigenvalue weighted by atomic mass is 9.75. The monoisotopic (exact) mass is 391 g/mol. The molecule has 0 amide bonds. The Kier molecular flexibility index (Phi) is 9.10. The number of benzene rings is 1. The second-order valence-corrected chi connectivity index (χ2v) is 9.25. The van der Waals surface area contributed by atoms with Crippen LogP contribution in [-0.2, 0) is 11.3 Å². The van der Waals surface area contributed by atoms with Gasteiger partial charge in [0.1, 0.15) is 0 Å². The fraction of sp³-hybridized carbons (Fsp3) is 0.750. The van der Waals surface area contributed by atoms with Gasteiger partial charge in [-0.25, -0.2) is 0 Å². The van der Waals surface area contributed by atoms with E-state index in [0.717, 1.165) is 48.9 Å². The average Bonchev–Trinajstić information content (AvgIpc) is 2.66. The van der Waals surface area contributed by atoms with Crippen LogP contribution in [-0.4, -0.2) is 33.0 Å². The second kappa shape index (κ2) is 11.1. The molecule has 4 nitrogen and oxygen atoms in total. The summed E-state index contributed by atoms with van der Waals surface area (Å²) >= 11 is 0. The fourth-order valence-corrected chi connectivity index (χ4v) is 4.36. The number of methoxy groups -OCH3 is 2. The molecule has 2 rings (SSSR count). The molecular formula is C24H41NO3. The molecule has 0 unspecified atom stereocenters. The SMILES string of the molecule is COc1ccc(CNCC[C@@H](CCC(C)C)[C@H]2CCOC(C)(C)C2)cc1OC. The molecule has 28 heavy (non-hydrogen) atoms. The smallest absolute Gasteiger partial charge is 0.161 e. The molecule has 0 aromatic heterocycles. The average molecular weight is 392 g/mol. The lowest BCUT2D eigenvalue weighted by Crippen LogP contribution is -2.37. The van der Waals surface area contributed by atoms with E-state index < -0.39 is 0 Å². The van der Waals surface area contributed by atoms with Crippen molar-refractivity contribution in [1.82, 2.24) is 5.32 Å². The molecule has 0 aliphatic carbocycles. The topological polar surface area (TPSA) is 39.7 Å². The summed E-state index contributed by atoms with van der Waals surface area (Å²) in [7, 11) is 3.36. The molecule has 0 radical (unpaired) electrons. The molecule has 0 saturated carbocycles. The number of nitrogens with one attached hydrogen (secondary N) is 1. The fourth-order valence-electron chi connectivity index (χ4n) is 4.36. The van der Waals surface area contributed by atoms with E-state index in [9.17, 15) is 0 Å². The summed E-state index contributed by atoms with van der Waals surface area (Å²) in [5.74, 6) is 3.91. The molecule has 1 aromatic carbocycles. The predicted octanol–water partition coefficient (Wildman–Crippen LogP) is 5.44. The van der Waals surface area contributed by atoms with Gasteiger partial charge in [0.15, 0.2) is 11.5 Å². The highest BCUT2D eigenvalue weighted by molar-refractivity contribution is 5.42. The Morgan fingerprint density at radius 3 is 2.50 bits per heavy atom. The van der Waals surface area contributed by atoms with Crippen molar-refractivity contribution in [2.45, 2.75) is 71.9 Å². The zero-order valence-corrected chi connectivity index (χ0v) is 18.8. The Bertz CT molecular complexity index is 585. The first-order valence-corrected chi connectivity index (χ1v) is 10.9. The third-order valence-corrected chi connectivity index (χ3v) is 5.99. The summed E-state index contributed by atoms with van der Waals surface area (Å²) in [6, 6.07) is 6.14. The summed E-state index contributed by atoms with van der Waals surface area (Å²) < 4.78 is 16.7. The van der Waals surface area contributed by atoms with E-state index >= 15 is 0 Å². The van der Waals surface area contributed by atoms with Gasteiger partial charge in [0, 0.05) is 13.2 Å². The Balaban J connectivity index is 1.87. The van der Waals surface area contributed by atoms with Crippen molar-refractivity contribution >= 4 is 0 Å². The molecule has 1 fully saturated rings. The van der Waals surface area contributed by atoms with Gasteiger partial charge in [0.2, 0.25) is 0 Å². The number of rotatable bonds is 11. The zero-order chi connectivity index (χ0) is 20.6. The largest absolute Gasteiger partial charge is 0.493 e. The maximum atomic E-state index is 5.96. The van der Waals surface area contributed by atoms with Gasteiger partial charge in [-0.05, 0) is 81.5 Å². The first kappa shape index (κ1) is 23.0. The van der Waals surface area contributed by atoms with E-state index in [1.165, 1.54) is 37.7 Å².